The summed E-state index contributed by atoms with van der Waals surface area (Å²) in [5.41, 5.74) is 2.42. The van der Waals surface area contributed by atoms with Crippen molar-refractivity contribution in [2.75, 3.05) is 20.7 Å². The first-order valence-corrected chi connectivity index (χ1v) is 12.2. The van der Waals surface area contributed by atoms with Crippen molar-refractivity contribution in [3.8, 4) is 11.5 Å². The SMILES string of the molecule is CO[C@@]12CCC(N[C@@H](Cc3ccccc3)C(=O)O)C3Oc4c(O)ccc5c4[C@@]31CCN(C)[C@@H]2C5.Cl.Cl. The maximum Gasteiger partial charge on any atom is 0.321 e. The second kappa shape index (κ2) is 9.69. The molecule has 6 rings (SSSR count). The van der Waals surface area contributed by atoms with E-state index in [1.807, 2.05) is 36.4 Å². The molecule has 2 aromatic carbocycles. The summed E-state index contributed by atoms with van der Waals surface area (Å²) >= 11 is 0. The summed E-state index contributed by atoms with van der Waals surface area (Å²) in [4.78, 5) is 14.7. The van der Waals surface area contributed by atoms with Gasteiger partial charge in [-0.15, -0.1) is 24.8 Å². The molecule has 4 aliphatic rings. The van der Waals surface area contributed by atoms with Crippen molar-refractivity contribution in [1.29, 1.82) is 0 Å². The lowest BCUT2D eigenvalue weighted by atomic mass is 9.48. The molecule has 2 aromatic rings. The lowest BCUT2D eigenvalue weighted by Crippen LogP contribution is -2.78. The van der Waals surface area contributed by atoms with E-state index < -0.39 is 23.0 Å². The number of carboxylic acid groups (broad SMARTS) is 1. The van der Waals surface area contributed by atoms with Gasteiger partial charge in [0.2, 0.25) is 0 Å². The Morgan fingerprint density at radius 1 is 1.22 bits per heavy atom. The molecule has 36 heavy (non-hydrogen) atoms. The molecule has 2 aliphatic heterocycles. The number of methoxy groups -OCH3 is 1. The van der Waals surface area contributed by atoms with Crippen LogP contribution in [0, 0.1) is 0 Å². The smallest absolute Gasteiger partial charge is 0.321 e. The molecule has 1 saturated heterocycles. The predicted molar refractivity (Wildman–Crippen MR) is 141 cm³/mol. The fourth-order valence-corrected chi connectivity index (χ4v) is 7.64. The minimum absolute atomic E-state index is 0. The first-order chi connectivity index (χ1) is 16.4. The molecule has 196 valence electrons. The van der Waals surface area contributed by atoms with Gasteiger partial charge in [-0.3, -0.25) is 10.1 Å². The number of nitrogens with zero attached hydrogens (tertiary/aromatic N) is 1. The Balaban J connectivity index is 0.00000152. The van der Waals surface area contributed by atoms with E-state index in [0.717, 1.165) is 43.4 Å². The Hall–Kier alpha value is -2.03. The number of aromatic hydroxyl groups is 1. The molecular weight excluding hydrogens is 503 g/mol. The molecule has 3 N–H and O–H groups in total. The van der Waals surface area contributed by atoms with Crippen LogP contribution >= 0.6 is 24.8 Å². The van der Waals surface area contributed by atoms with Crippen LogP contribution in [-0.4, -0.2) is 71.6 Å². The Bertz CT molecular complexity index is 1130. The molecular formula is C27H34Cl2N2O5. The second-order valence-corrected chi connectivity index (χ2v) is 10.4. The van der Waals surface area contributed by atoms with Gasteiger partial charge in [-0.25, -0.2) is 0 Å². The van der Waals surface area contributed by atoms with Crippen molar-refractivity contribution in [3.05, 3.63) is 59.2 Å². The Labute approximate surface area is 224 Å². The summed E-state index contributed by atoms with van der Waals surface area (Å²) in [7, 11) is 3.97. The van der Waals surface area contributed by atoms with Gasteiger partial charge in [0.15, 0.2) is 11.5 Å². The molecule has 0 aromatic heterocycles. The standard InChI is InChI=1S/C27H32N2O5.2ClH/c1-29-13-12-26-22-17-8-9-20(30)23(22)34-24(26)18(10-11-27(26,33-2)21(29)15-17)28-19(25(31)32)14-16-6-4-3-5-7-16;;/h3-9,18-19,21,24,28,30H,10-15H2,1-2H3,(H,31,32);2*1H/t18?,19-,21+,24?,26-,27+;;/m0../s1. The lowest BCUT2D eigenvalue weighted by Gasteiger charge is -2.65. The number of piperidine rings is 1. The molecule has 2 bridgehead atoms. The van der Waals surface area contributed by atoms with E-state index in [2.05, 4.69) is 17.3 Å². The molecule has 2 unspecified atom stereocenters. The minimum atomic E-state index is -0.867. The number of phenols is 1. The summed E-state index contributed by atoms with van der Waals surface area (Å²) in [5.74, 6) is -0.146. The van der Waals surface area contributed by atoms with Gasteiger partial charge in [0.1, 0.15) is 12.1 Å². The van der Waals surface area contributed by atoms with E-state index in [0.29, 0.717) is 12.2 Å². The number of carboxylic acids is 1. The van der Waals surface area contributed by atoms with E-state index in [4.69, 9.17) is 9.47 Å². The van der Waals surface area contributed by atoms with E-state index in [1.165, 1.54) is 5.56 Å². The molecule has 0 amide bonds. The molecule has 2 heterocycles. The van der Waals surface area contributed by atoms with Crippen LogP contribution < -0.4 is 10.1 Å². The van der Waals surface area contributed by atoms with Gasteiger partial charge in [0.25, 0.3) is 0 Å². The largest absolute Gasteiger partial charge is 0.504 e. The number of likely N-dealkylation sites (N-methyl/N-ethyl adjacent to an activating group) is 1. The number of hydrogen-bond donors (Lipinski definition) is 3. The van der Waals surface area contributed by atoms with E-state index in [9.17, 15) is 15.0 Å². The average molecular weight is 537 g/mol. The van der Waals surface area contributed by atoms with Crippen LogP contribution in [0.4, 0.5) is 0 Å². The van der Waals surface area contributed by atoms with Crippen molar-refractivity contribution >= 4 is 30.8 Å². The third kappa shape index (κ3) is 3.55. The van der Waals surface area contributed by atoms with Crippen molar-refractivity contribution in [2.24, 2.45) is 0 Å². The summed E-state index contributed by atoms with van der Waals surface area (Å²) in [6, 6.07) is 12.8. The second-order valence-electron chi connectivity index (χ2n) is 10.4. The van der Waals surface area contributed by atoms with Gasteiger partial charge in [-0.2, -0.15) is 0 Å². The number of nitrogens with one attached hydrogen (secondary N) is 1. The van der Waals surface area contributed by atoms with Gasteiger partial charge in [0, 0.05) is 24.8 Å². The van der Waals surface area contributed by atoms with Gasteiger partial charge in [-0.05, 0) is 62.9 Å². The number of benzene rings is 2. The number of rotatable bonds is 6. The van der Waals surface area contributed by atoms with Crippen molar-refractivity contribution < 1.29 is 24.5 Å². The average Bonchev–Trinajstić information content (AvgIpc) is 3.20. The highest BCUT2D eigenvalue weighted by atomic mass is 35.5. The van der Waals surface area contributed by atoms with Crippen LogP contribution in [0.2, 0.25) is 0 Å². The zero-order valence-corrected chi connectivity index (χ0v) is 22.1. The maximum absolute atomic E-state index is 12.3. The number of halogens is 2. The van der Waals surface area contributed by atoms with Gasteiger partial charge < -0.3 is 24.6 Å². The highest BCUT2D eigenvalue weighted by molar-refractivity contribution is 5.85. The summed E-state index contributed by atoms with van der Waals surface area (Å²) in [6.07, 6.45) is 3.34. The molecule has 2 fully saturated rings. The number of carbonyl (C=O) groups is 1. The summed E-state index contributed by atoms with van der Waals surface area (Å²) in [6.45, 7) is 0.906. The van der Waals surface area contributed by atoms with Crippen LogP contribution in [0.25, 0.3) is 0 Å². The van der Waals surface area contributed by atoms with Crippen LogP contribution in [0.5, 0.6) is 11.5 Å². The number of phenolic OH excluding ortho intramolecular Hbond substituents is 1. The maximum atomic E-state index is 12.3. The number of aliphatic carboxylic acids is 1. The monoisotopic (exact) mass is 536 g/mol. The lowest BCUT2D eigenvalue weighted by molar-refractivity contribution is -0.204. The molecule has 0 radical (unpaired) electrons. The number of hydrogen-bond acceptors (Lipinski definition) is 6. The quantitative estimate of drug-likeness (QED) is 0.521. The molecule has 6 atom stereocenters. The predicted octanol–water partition coefficient (Wildman–Crippen LogP) is 3.33. The van der Waals surface area contributed by atoms with E-state index in [-0.39, 0.29) is 48.8 Å². The van der Waals surface area contributed by atoms with Crippen molar-refractivity contribution in [1.82, 2.24) is 10.2 Å². The Morgan fingerprint density at radius 3 is 2.67 bits per heavy atom. The molecule has 2 aliphatic carbocycles. The highest BCUT2D eigenvalue weighted by Crippen LogP contribution is 2.66. The first kappa shape index (κ1) is 27.0. The molecule has 7 nitrogen and oxygen atoms in total. The van der Waals surface area contributed by atoms with Crippen LogP contribution in [0.3, 0.4) is 0 Å². The Kier molecular flexibility index (Phi) is 7.27. The fraction of sp³-hybridized carbons (Fsp3) is 0.519. The molecule has 1 spiro atoms. The van der Waals surface area contributed by atoms with E-state index in [1.54, 1.807) is 13.2 Å². The number of likely N-dealkylation sites (tertiary alicyclic amines) is 1. The fourth-order valence-electron chi connectivity index (χ4n) is 7.64. The third-order valence-corrected chi connectivity index (χ3v) is 9.05. The summed E-state index contributed by atoms with van der Waals surface area (Å²) in [5, 5.41) is 24.3. The minimum Gasteiger partial charge on any atom is -0.504 e. The van der Waals surface area contributed by atoms with Gasteiger partial charge in [-0.1, -0.05) is 36.4 Å². The van der Waals surface area contributed by atoms with Gasteiger partial charge >= 0.3 is 5.97 Å². The normalized spacial score (nSPS) is 32.3. The highest BCUT2D eigenvalue weighted by Gasteiger charge is 2.73. The van der Waals surface area contributed by atoms with Crippen LogP contribution in [-0.2, 0) is 27.8 Å². The van der Waals surface area contributed by atoms with E-state index >= 15 is 0 Å². The van der Waals surface area contributed by atoms with Crippen LogP contribution in [0.1, 0.15) is 36.0 Å². The first-order valence-electron chi connectivity index (χ1n) is 12.2. The molecule has 9 heteroatoms. The third-order valence-electron chi connectivity index (χ3n) is 9.05. The summed E-state index contributed by atoms with van der Waals surface area (Å²) < 4.78 is 13.1. The van der Waals surface area contributed by atoms with Gasteiger partial charge in [0.05, 0.1) is 11.0 Å². The topological polar surface area (TPSA) is 91.3 Å². The molecule has 1 saturated carbocycles. The van der Waals surface area contributed by atoms with Crippen molar-refractivity contribution in [3.63, 3.8) is 0 Å². The Morgan fingerprint density at radius 2 is 1.97 bits per heavy atom. The van der Waals surface area contributed by atoms with Crippen LogP contribution in [0.15, 0.2) is 42.5 Å². The number of ether oxygens (including phenoxy) is 2. The van der Waals surface area contributed by atoms with Crippen molar-refractivity contribution in [2.45, 2.75) is 67.3 Å². The zero-order chi connectivity index (χ0) is 23.7. The zero-order valence-electron chi connectivity index (χ0n) is 20.5.